The van der Waals surface area contributed by atoms with E-state index in [4.69, 9.17) is 0 Å². The molecule has 2 N–H and O–H groups in total. The topological polar surface area (TPSA) is 32.3 Å². The van der Waals surface area contributed by atoms with E-state index in [1.54, 1.807) is 11.3 Å². The van der Waals surface area contributed by atoms with Gasteiger partial charge in [-0.3, -0.25) is 0 Å². The summed E-state index contributed by atoms with van der Waals surface area (Å²) in [6.07, 6.45) is 1.66. The molecule has 2 atom stereocenters. The molecule has 0 radical (unpaired) electrons. The molecule has 2 rings (SSSR count). The van der Waals surface area contributed by atoms with Gasteiger partial charge in [0.15, 0.2) is 0 Å². The van der Waals surface area contributed by atoms with Gasteiger partial charge in [0.25, 0.3) is 0 Å². The number of fused-ring (bicyclic) bond motifs is 1. The number of nitrogens with one attached hydrogen (secondary N) is 1. The summed E-state index contributed by atoms with van der Waals surface area (Å²) in [7, 11) is 0. The Kier molecular flexibility index (Phi) is 4.75. The van der Waals surface area contributed by atoms with Gasteiger partial charge in [0, 0.05) is 10.7 Å². The molecule has 98 valence electrons. The molecule has 0 bridgehead atoms. The van der Waals surface area contributed by atoms with Gasteiger partial charge in [-0.2, -0.15) is 0 Å². The van der Waals surface area contributed by atoms with Gasteiger partial charge in [-0.05, 0) is 41.4 Å². The summed E-state index contributed by atoms with van der Waals surface area (Å²) in [6.45, 7) is 5.13. The van der Waals surface area contributed by atoms with Crippen LogP contribution in [0.5, 0.6) is 0 Å². The zero-order chi connectivity index (χ0) is 13.0. The molecule has 0 saturated heterocycles. The van der Waals surface area contributed by atoms with Gasteiger partial charge in [-0.15, -0.1) is 11.3 Å². The molecule has 1 aromatic heterocycles. The summed E-state index contributed by atoms with van der Waals surface area (Å²) in [5.41, 5.74) is 1.02. The van der Waals surface area contributed by atoms with Crippen LogP contribution in [0.1, 0.15) is 38.4 Å². The van der Waals surface area contributed by atoms with Gasteiger partial charge >= 0.3 is 0 Å². The zero-order valence-electron chi connectivity index (χ0n) is 11.0. The Morgan fingerprint density at radius 3 is 2.83 bits per heavy atom. The lowest BCUT2D eigenvalue weighted by Crippen LogP contribution is -2.34. The Morgan fingerprint density at radius 1 is 1.28 bits per heavy atom. The molecule has 0 aliphatic carbocycles. The van der Waals surface area contributed by atoms with Crippen molar-refractivity contribution in [3.05, 3.63) is 35.2 Å². The maximum atomic E-state index is 10.5. The maximum absolute atomic E-state index is 10.5. The predicted molar refractivity (Wildman–Crippen MR) is 79.2 cm³/mol. The first-order chi connectivity index (χ1) is 8.76. The molecule has 0 aliphatic heterocycles. The SMILES string of the molecule is CCCC(NCC)C(O)c1ccc2ccsc2c1. The minimum absolute atomic E-state index is 0.150. The molecule has 1 heterocycles. The first-order valence-electron chi connectivity index (χ1n) is 6.64. The largest absolute Gasteiger partial charge is 0.387 e. The third-order valence-electron chi connectivity index (χ3n) is 3.27. The van der Waals surface area contributed by atoms with E-state index in [0.717, 1.165) is 24.9 Å². The standard InChI is InChI=1S/C15H21NOS/c1-3-5-13(16-4-2)15(17)12-7-6-11-8-9-18-14(11)10-12/h6-10,13,15-17H,3-5H2,1-2H3. The normalized spacial score (nSPS) is 14.8. The second kappa shape index (κ2) is 6.32. The van der Waals surface area contributed by atoms with Crippen LogP contribution in [-0.4, -0.2) is 17.7 Å². The van der Waals surface area contributed by atoms with Crippen LogP contribution < -0.4 is 5.32 Å². The first-order valence-corrected chi connectivity index (χ1v) is 7.52. The van der Waals surface area contributed by atoms with Crippen LogP contribution in [-0.2, 0) is 0 Å². The molecule has 0 aliphatic rings. The molecule has 0 saturated carbocycles. The van der Waals surface area contributed by atoms with Crippen molar-refractivity contribution >= 4 is 21.4 Å². The Bertz CT molecular complexity index is 488. The molecule has 2 unspecified atom stereocenters. The summed E-state index contributed by atoms with van der Waals surface area (Å²) in [4.78, 5) is 0. The van der Waals surface area contributed by atoms with Crippen molar-refractivity contribution in [3.8, 4) is 0 Å². The molecule has 2 aromatic rings. The van der Waals surface area contributed by atoms with Crippen LogP contribution in [0.4, 0.5) is 0 Å². The highest BCUT2D eigenvalue weighted by Crippen LogP contribution is 2.27. The average molecular weight is 263 g/mol. The third kappa shape index (κ3) is 2.91. The van der Waals surface area contributed by atoms with Gasteiger partial charge in [0.05, 0.1) is 6.10 Å². The third-order valence-corrected chi connectivity index (χ3v) is 4.15. The molecule has 0 fully saturated rings. The Balaban J connectivity index is 2.21. The van der Waals surface area contributed by atoms with Crippen molar-refractivity contribution in [3.63, 3.8) is 0 Å². The highest BCUT2D eigenvalue weighted by Gasteiger charge is 2.19. The quantitative estimate of drug-likeness (QED) is 0.832. The van der Waals surface area contributed by atoms with Crippen LogP contribution in [0.15, 0.2) is 29.6 Å². The van der Waals surface area contributed by atoms with Gasteiger partial charge in [-0.1, -0.05) is 32.4 Å². The number of likely N-dealkylation sites (N-methyl/N-ethyl adjacent to an activating group) is 1. The van der Waals surface area contributed by atoms with Crippen molar-refractivity contribution in [2.45, 2.75) is 38.8 Å². The maximum Gasteiger partial charge on any atom is 0.0943 e. The number of aliphatic hydroxyl groups is 1. The fourth-order valence-corrected chi connectivity index (χ4v) is 3.17. The fourth-order valence-electron chi connectivity index (χ4n) is 2.33. The predicted octanol–water partition coefficient (Wildman–Crippen LogP) is 3.71. The first kappa shape index (κ1) is 13.5. The summed E-state index contributed by atoms with van der Waals surface area (Å²) in [6, 6.07) is 8.52. The van der Waals surface area contributed by atoms with E-state index in [9.17, 15) is 5.11 Å². The van der Waals surface area contributed by atoms with E-state index < -0.39 is 6.10 Å². The average Bonchev–Trinajstić information content (AvgIpc) is 2.84. The molecule has 0 spiro atoms. The highest BCUT2D eigenvalue weighted by atomic mass is 32.1. The van der Waals surface area contributed by atoms with Gasteiger partial charge in [0.1, 0.15) is 0 Å². The smallest absolute Gasteiger partial charge is 0.0943 e. The summed E-state index contributed by atoms with van der Waals surface area (Å²) >= 11 is 1.73. The van der Waals surface area contributed by atoms with Gasteiger partial charge in [0.2, 0.25) is 0 Å². The van der Waals surface area contributed by atoms with Crippen LogP contribution in [0.3, 0.4) is 0 Å². The van der Waals surface area contributed by atoms with Crippen LogP contribution in [0, 0.1) is 0 Å². The zero-order valence-corrected chi connectivity index (χ0v) is 11.8. The Labute approximate surface area is 113 Å². The van der Waals surface area contributed by atoms with Crippen molar-refractivity contribution in [1.29, 1.82) is 0 Å². The lowest BCUT2D eigenvalue weighted by molar-refractivity contribution is 0.124. The Morgan fingerprint density at radius 2 is 2.11 bits per heavy atom. The molecule has 18 heavy (non-hydrogen) atoms. The van der Waals surface area contributed by atoms with Gasteiger partial charge in [-0.25, -0.2) is 0 Å². The minimum atomic E-state index is -0.420. The number of benzene rings is 1. The summed E-state index contributed by atoms with van der Waals surface area (Å²) < 4.78 is 1.25. The molecule has 0 amide bonds. The monoisotopic (exact) mass is 263 g/mol. The number of hydrogen-bond acceptors (Lipinski definition) is 3. The minimum Gasteiger partial charge on any atom is -0.387 e. The lowest BCUT2D eigenvalue weighted by atomic mass is 9.98. The second-order valence-electron chi connectivity index (χ2n) is 4.62. The highest BCUT2D eigenvalue weighted by molar-refractivity contribution is 7.17. The molecular weight excluding hydrogens is 242 g/mol. The number of thiophene rings is 1. The molecule has 1 aromatic carbocycles. The van der Waals surface area contributed by atoms with Gasteiger partial charge < -0.3 is 10.4 Å². The van der Waals surface area contributed by atoms with E-state index in [-0.39, 0.29) is 6.04 Å². The fraction of sp³-hybridized carbons (Fsp3) is 0.467. The number of aliphatic hydroxyl groups excluding tert-OH is 1. The molecular formula is C15H21NOS. The van der Waals surface area contributed by atoms with Crippen molar-refractivity contribution < 1.29 is 5.11 Å². The summed E-state index contributed by atoms with van der Waals surface area (Å²) in [5.74, 6) is 0. The van der Waals surface area contributed by atoms with Crippen LogP contribution >= 0.6 is 11.3 Å². The molecule has 2 nitrogen and oxygen atoms in total. The van der Waals surface area contributed by atoms with E-state index >= 15 is 0 Å². The number of rotatable bonds is 6. The number of hydrogen-bond donors (Lipinski definition) is 2. The van der Waals surface area contributed by atoms with Crippen molar-refractivity contribution in [2.24, 2.45) is 0 Å². The summed E-state index contributed by atoms with van der Waals surface area (Å²) in [5, 5.41) is 17.2. The second-order valence-corrected chi connectivity index (χ2v) is 5.56. The van der Waals surface area contributed by atoms with Crippen molar-refractivity contribution in [2.75, 3.05) is 6.54 Å². The van der Waals surface area contributed by atoms with Crippen LogP contribution in [0.2, 0.25) is 0 Å². The van der Waals surface area contributed by atoms with E-state index in [1.807, 2.05) is 6.07 Å². The van der Waals surface area contributed by atoms with Crippen LogP contribution in [0.25, 0.3) is 10.1 Å². The van der Waals surface area contributed by atoms with E-state index in [0.29, 0.717) is 0 Å². The van der Waals surface area contributed by atoms with E-state index in [2.05, 4.69) is 42.7 Å². The lowest BCUT2D eigenvalue weighted by Gasteiger charge is -2.23. The van der Waals surface area contributed by atoms with E-state index in [1.165, 1.54) is 10.1 Å². The Hall–Kier alpha value is -0.900. The van der Waals surface area contributed by atoms with Crippen molar-refractivity contribution in [1.82, 2.24) is 5.32 Å². The molecule has 3 heteroatoms.